The molecule has 23 heavy (non-hydrogen) atoms. The van der Waals surface area contributed by atoms with Gasteiger partial charge in [0.15, 0.2) is 0 Å². The zero-order valence-corrected chi connectivity index (χ0v) is 13.8. The number of hydrogen-bond acceptors (Lipinski definition) is 6. The minimum Gasteiger partial charge on any atom is -0.291 e. The number of nitrogens with zero attached hydrogens (tertiary/aromatic N) is 5. The lowest BCUT2D eigenvalue weighted by molar-refractivity contribution is 0.984. The Morgan fingerprint density at radius 3 is 2.70 bits per heavy atom. The van der Waals surface area contributed by atoms with E-state index in [-0.39, 0.29) is 0 Å². The monoisotopic (exact) mass is 362 g/mol. The van der Waals surface area contributed by atoms with Crippen LogP contribution in [0.25, 0.3) is 16.2 Å². The Morgan fingerprint density at radius 1 is 1.09 bits per heavy atom. The largest absolute Gasteiger partial charge is 0.291 e. The molecule has 0 unspecified atom stereocenters. The van der Waals surface area contributed by atoms with E-state index in [1.165, 1.54) is 11.3 Å². The number of thiazole rings is 1. The molecular formula is C14H8Cl2N6S. The Hall–Kier alpha value is -2.22. The van der Waals surface area contributed by atoms with Gasteiger partial charge in [-0.05, 0) is 24.3 Å². The second-order valence-electron chi connectivity index (χ2n) is 4.57. The summed E-state index contributed by atoms with van der Waals surface area (Å²) < 4.78 is 1.73. The van der Waals surface area contributed by atoms with Gasteiger partial charge in [-0.15, -0.1) is 16.4 Å². The predicted octanol–water partition coefficient (Wildman–Crippen LogP) is 4.30. The van der Waals surface area contributed by atoms with Gasteiger partial charge in [-0.3, -0.25) is 5.32 Å². The lowest BCUT2D eigenvalue weighted by atomic mass is 10.2. The topological polar surface area (TPSA) is 68.0 Å². The molecule has 3 heterocycles. The van der Waals surface area contributed by atoms with Crippen molar-refractivity contribution in [3.05, 3.63) is 52.1 Å². The molecule has 0 amide bonds. The van der Waals surface area contributed by atoms with Crippen LogP contribution in [0.4, 0.5) is 11.9 Å². The molecule has 0 saturated carbocycles. The van der Waals surface area contributed by atoms with Gasteiger partial charge in [0, 0.05) is 28.4 Å². The van der Waals surface area contributed by atoms with Crippen molar-refractivity contribution in [1.29, 1.82) is 0 Å². The number of hydrogen-bond donors (Lipinski definition) is 1. The van der Waals surface area contributed by atoms with Gasteiger partial charge in [0.1, 0.15) is 0 Å². The molecule has 0 saturated heterocycles. The van der Waals surface area contributed by atoms with Crippen LogP contribution in [0, 0.1) is 0 Å². The third-order valence-corrected chi connectivity index (χ3v) is 4.44. The number of benzene rings is 1. The van der Waals surface area contributed by atoms with Crippen LogP contribution in [0.3, 0.4) is 0 Å². The Bertz CT molecular complexity index is 982. The molecule has 0 aliphatic carbocycles. The minimum atomic E-state index is 0.425. The molecule has 4 aromatic rings. The lowest BCUT2D eigenvalue weighted by Gasteiger charge is -2.02. The molecule has 0 atom stereocenters. The fraction of sp³-hybridized carbons (Fsp3) is 0. The predicted molar refractivity (Wildman–Crippen MR) is 91.6 cm³/mol. The van der Waals surface area contributed by atoms with E-state index < -0.39 is 0 Å². The van der Waals surface area contributed by atoms with Crippen molar-refractivity contribution in [3.8, 4) is 11.3 Å². The lowest BCUT2D eigenvalue weighted by Crippen LogP contribution is -1.98. The summed E-state index contributed by atoms with van der Waals surface area (Å²) in [6.45, 7) is 0. The van der Waals surface area contributed by atoms with Crippen molar-refractivity contribution in [2.45, 2.75) is 0 Å². The van der Waals surface area contributed by atoms with E-state index in [1.54, 1.807) is 35.1 Å². The normalized spacial score (nSPS) is 11.0. The average Bonchev–Trinajstić information content (AvgIpc) is 3.09. The van der Waals surface area contributed by atoms with Gasteiger partial charge in [-0.25, -0.2) is 14.5 Å². The SMILES string of the molecule is Clc1ccc(-c2csc3nc(Nc4ncccn4)nn23)c(Cl)c1. The average molecular weight is 363 g/mol. The molecule has 6 nitrogen and oxygen atoms in total. The number of fused-ring (bicyclic) bond motifs is 1. The van der Waals surface area contributed by atoms with Crippen molar-refractivity contribution in [2.24, 2.45) is 0 Å². The van der Waals surface area contributed by atoms with Gasteiger partial charge in [0.05, 0.1) is 10.7 Å². The highest BCUT2D eigenvalue weighted by Crippen LogP contribution is 2.33. The van der Waals surface area contributed by atoms with Gasteiger partial charge >= 0.3 is 0 Å². The van der Waals surface area contributed by atoms with Crippen molar-refractivity contribution in [3.63, 3.8) is 0 Å². The van der Waals surface area contributed by atoms with Gasteiger partial charge < -0.3 is 0 Å². The maximum absolute atomic E-state index is 6.28. The fourth-order valence-corrected chi connectivity index (χ4v) is 3.41. The maximum atomic E-state index is 6.28. The summed E-state index contributed by atoms with van der Waals surface area (Å²) in [5.74, 6) is 0.867. The van der Waals surface area contributed by atoms with Gasteiger partial charge in [0.25, 0.3) is 5.95 Å². The molecular weight excluding hydrogens is 355 g/mol. The number of halogens is 2. The summed E-state index contributed by atoms with van der Waals surface area (Å²) in [7, 11) is 0. The second-order valence-corrected chi connectivity index (χ2v) is 6.25. The van der Waals surface area contributed by atoms with Crippen molar-refractivity contribution in [2.75, 3.05) is 5.32 Å². The summed E-state index contributed by atoms with van der Waals surface area (Å²) in [6.07, 6.45) is 3.29. The van der Waals surface area contributed by atoms with Gasteiger partial charge in [0.2, 0.25) is 10.9 Å². The molecule has 0 fully saturated rings. The Balaban J connectivity index is 1.75. The summed E-state index contributed by atoms with van der Waals surface area (Å²) in [6, 6.07) is 7.10. The first-order valence-corrected chi connectivity index (χ1v) is 8.18. The minimum absolute atomic E-state index is 0.425. The van der Waals surface area contributed by atoms with Crippen molar-refractivity contribution in [1.82, 2.24) is 24.6 Å². The quantitative estimate of drug-likeness (QED) is 0.588. The van der Waals surface area contributed by atoms with Crippen LogP contribution in [0.1, 0.15) is 0 Å². The first-order chi connectivity index (χ1) is 11.2. The van der Waals surface area contributed by atoms with E-state index in [9.17, 15) is 0 Å². The van der Waals surface area contributed by atoms with Crippen molar-refractivity contribution >= 4 is 51.4 Å². The molecule has 0 aliphatic heterocycles. The van der Waals surface area contributed by atoms with Crippen LogP contribution in [-0.4, -0.2) is 24.6 Å². The summed E-state index contributed by atoms with van der Waals surface area (Å²) in [4.78, 5) is 13.3. The fourth-order valence-electron chi connectivity index (χ4n) is 2.08. The first-order valence-electron chi connectivity index (χ1n) is 6.54. The third kappa shape index (κ3) is 2.74. The Morgan fingerprint density at radius 2 is 1.91 bits per heavy atom. The van der Waals surface area contributed by atoms with Crippen LogP contribution >= 0.6 is 34.5 Å². The highest BCUT2D eigenvalue weighted by molar-refractivity contribution is 7.15. The van der Waals surface area contributed by atoms with Crippen LogP contribution in [0.5, 0.6) is 0 Å². The van der Waals surface area contributed by atoms with Crippen LogP contribution in [-0.2, 0) is 0 Å². The smallest absolute Gasteiger partial charge is 0.250 e. The second kappa shape index (κ2) is 5.77. The Labute approximate surface area is 144 Å². The number of rotatable bonds is 3. The zero-order valence-electron chi connectivity index (χ0n) is 11.4. The standard InChI is InChI=1S/C14H8Cl2N6S/c15-8-2-3-9(10(16)6-8)11-7-23-14-20-13(21-22(11)14)19-12-17-4-1-5-18-12/h1-7H,(H,17,18,19,21). The molecule has 3 aromatic heterocycles. The number of nitrogens with one attached hydrogen (secondary N) is 1. The summed E-state index contributed by atoms with van der Waals surface area (Å²) in [5.41, 5.74) is 1.69. The molecule has 0 aliphatic rings. The molecule has 1 aromatic carbocycles. The highest BCUT2D eigenvalue weighted by Gasteiger charge is 2.14. The highest BCUT2D eigenvalue weighted by atomic mass is 35.5. The van der Waals surface area contributed by atoms with Gasteiger partial charge in [-0.1, -0.05) is 23.2 Å². The first kappa shape index (κ1) is 14.4. The van der Waals surface area contributed by atoms with E-state index in [0.29, 0.717) is 21.9 Å². The van der Waals surface area contributed by atoms with Gasteiger partial charge in [-0.2, -0.15) is 4.98 Å². The summed E-state index contributed by atoms with van der Waals surface area (Å²) >= 11 is 13.7. The number of anilines is 2. The third-order valence-electron chi connectivity index (χ3n) is 3.08. The van der Waals surface area contributed by atoms with E-state index in [1.807, 2.05) is 11.4 Å². The van der Waals surface area contributed by atoms with E-state index in [2.05, 4.69) is 25.4 Å². The molecule has 114 valence electrons. The number of aromatic nitrogens is 5. The Kier molecular flexibility index (Phi) is 3.60. The molecule has 0 spiro atoms. The van der Waals surface area contributed by atoms with Crippen LogP contribution in [0.2, 0.25) is 10.0 Å². The molecule has 0 radical (unpaired) electrons. The molecule has 9 heteroatoms. The van der Waals surface area contributed by atoms with E-state index in [0.717, 1.165) is 16.2 Å². The maximum Gasteiger partial charge on any atom is 0.250 e. The summed E-state index contributed by atoms with van der Waals surface area (Å²) in [5, 5.41) is 10.5. The molecule has 0 bridgehead atoms. The van der Waals surface area contributed by atoms with E-state index in [4.69, 9.17) is 23.2 Å². The van der Waals surface area contributed by atoms with E-state index >= 15 is 0 Å². The van der Waals surface area contributed by atoms with Crippen molar-refractivity contribution < 1.29 is 0 Å². The van der Waals surface area contributed by atoms with Crippen LogP contribution in [0.15, 0.2) is 42.0 Å². The molecule has 1 N–H and O–H groups in total. The molecule has 4 rings (SSSR count). The van der Waals surface area contributed by atoms with Crippen LogP contribution < -0.4 is 5.32 Å². The zero-order chi connectivity index (χ0) is 15.8.